The number of sulfonamides is 1. The summed E-state index contributed by atoms with van der Waals surface area (Å²) in [5.74, 6) is 0.634. The molecule has 3 aromatic carbocycles. The number of methoxy groups -OCH3 is 1. The number of ketones is 1. The first-order chi connectivity index (χ1) is 18.0. The number of Topliss-reactive ketones (excluding diaryl/α,β-unsaturated/α-hetero) is 1. The van der Waals surface area contributed by atoms with Gasteiger partial charge in [-0.25, -0.2) is 18.4 Å². The Morgan fingerprint density at radius 3 is 2.32 bits per heavy atom. The smallest absolute Gasteiger partial charge is 0.263 e. The maximum atomic E-state index is 13.5. The number of carbonyl (C=O) groups is 1. The van der Waals surface area contributed by atoms with E-state index >= 15 is 0 Å². The molecule has 1 aromatic heterocycles. The van der Waals surface area contributed by atoms with Gasteiger partial charge in [-0.2, -0.15) is 0 Å². The summed E-state index contributed by atoms with van der Waals surface area (Å²) >= 11 is 6.37. The molecule has 0 bridgehead atoms. The van der Waals surface area contributed by atoms with E-state index in [0.29, 0.717) is 33.1 Å². The third-order valence-corrected chi connectivity index (χ3v) is 7.79. The number of fused-ring (bicyclic) bond motifs is 1. The molecule has 0 spiro atoms. The molecule has 0 fully saturated rings. The van der Waals surface area contributed by atoms with Crippen molar-refractivity contribution in [3.8, 4) is 5.75 Å². The molecule has 0 aliphatic heterocycles. The molecule has 198 valence electrons. The van der Waals surface area contributed by atoms with Gasteiger partial charge in [-0.05, 0) is 62.9 Å². The molecule has 3 N–H and O–H groups in total. The SMILES string of the molecule is CNC(C)(C)C(=O)Cc1cccc(S(=O)(=O)Nc2nc3ccccc3nc2Nc2cc(OC)ccc2Cl)c1. The van der Waals surface area contributed by atoms with Gasteiger partial charge in [0.15, 0.2) is 17.4 Å². The summed E-state index contributed by atoms with van der Waals surface area (Å²) in [4.78, 5) is 21.8. The van der Waals surface area contributed by atoms with E-state index < -0.39 is 15.6 Å². The van der Waals surface area contributed by atoms with Crippen molar-refractivity contribution < 1.29 is 17.9 Å². The van der Waals surface area contributed by atoms with Crippen LogP contribution in [-0.4, -0.2) is 43.9 Å². The van der Waals surface area contributed by atoms with E-state index in [1.54, 1.807) is 69.4 Å². The third kappa shape index (κ3) is 6.04. The first-order valence-electron chi connectivity index (χ1n) is 11.7. The maximum absolute atomic E-state index is 13.5. The largest absolute Gasteiger partial charge is 0.497 e. The predicted octanol–water partition coefficient (Wildman–Crippen LogP) is 4.95. The summed E-state index contributed by atoms with van der Waals surface area (Å²) < 4.78 is 34.7. The number of para-hydroxylation sites is 2. The Labute approximate surface area is 226 Å². The van der Waals surface area contributed by atoms with E-state index in [1.807, 2.05) is 6.07 Å². The van der Waals surface area contributed by atoms with Crippen molar-refractivity contribution in [1.82, 2.24) is 15.3 Å². The van der Waals surface area contributed by atoms with Crippen LogP contribution in [0, 0.1) is 0 Å². The number of nitrogens with zero attached hydrogens (tertiary/aromatic N) is 2. The average molecular weight is 554 g/mol. The number of anilines is 3. The van der Waals surface area contributed by atoms with Gasteiger partial charge in [0.1, 0.15) is 5.75 Å². The van der Waals surface area contributed by atoms with Crippen LogP contribution in [0.1, 0.15) is 19.4 Å². The quantitative estimate of drug-likeness (QED) is 0.252. The van der Waals surface area contributed by atoms with Crippen LogP contribution in [0.5, 0.6) is 5.75 Å². The fourth-order valence-corrected chi connectivity index (χ4v) is 4.81. The van der Waals surface area contributed by atoms with Gasteiger partial charge in [0.05, 0.1) is 39.3 Å². The molecule has 4 rings (SSSR count). The van der Waals surface area contributed by atoms with Gasteiger partial charge in [-0.3, -0.25) is 9.52 Å². The number of halogens is 1. The Bertz CT molecular complexity index is 1610. The highest BCUT2D eigenvalue weighted by atomic mass is 35.5. The number of hydrogen-bond donors (Lipinski definition) is 3. The molecular weight excluding hydrogens is 526 g/mol. The molecule has 0 aliphatic carbocycles. The highest BCUT2D eigenvalue weighted by molar-refractivity contribution is 7.92. The summed E-state index contributed by atoms with van der Waals surface area (Å²) in [5, 5.41) is 6.43. The van der Waals surface area contributed by atoms with E-state index in [0.717, 1.165) is 0 Å². The molecule has 11 heteroatoms. The molecule has 1 heterocycles. The van der Waals surface area contributed by atoms with E-state index in [1.165, 1.54) is 19.2 Å². The summed E-state index contributed by atoms with van der Waals surface area (Å²) in [6, 6.07) is 18.4. The molecule has 0 amide bonds. The van der Waals surface area contributed by atoms with E-state index in [9.17, 15) is 13.2 Å². The minimum Gasteiger partial charge on any atom is -0.497 e. The lowest BCUT2D eigenvalue weighted by atomic mass is 9.94. The molecule has 38 heavy (non-hydrogen) atoms. The molecule has 0 radical (unpaired) electrons. The lowest BCUT2D eigenvalue weighted by Gasteiger charge is -2.22. The van der Waals surface area contributed by atoms with Crippen LogP contribution in [-0.2, 0) is 21.2 Å². The molecule has 9 nitrogen and oxygen atoms in total. The highest BCUT2D eigenvalue weighted by Crippen LogP contribution is 2.32. The number of nitrogens with one attached hydrogen (secondary N) is 3. The number of hydrogen-bond acceptors (Lipinski definition) is 8. The standard InChI is InChI=1S/C27H28ClN5O4S/c1-27(2,29-3)24(34)15-17-8-7-9-19(14-17)38(35,36)33-26-25(30-21-10-5-6-11-22(21)31-26)32-23-16-18(37-4)12-13-20(23)28/h5-14,16,29H,15H2,1-4H3,(H,30,32)(H,31,33). The van der Waals surface area contributed by atoms with Gasteiger partial charge in [-0.1, -0.05) is 35.9 Å². The first-order valence-corrected chi connectivity index (χ1v) is 13.6. The van der Waals surface area contributed by atoms with Gasteiger partial charge in [-0.15, -0.1) is 0 Å². The lowest BCUT2D eigenvalue weighted by molar-refractivity contribution is -0.123. The number of likely N-dealkylation sites (N-methyl/N-ethyl adjacent to an activating group) is 1. The molecule has 0 atom stereocenters. The Morgan fingerprint density at radius 2 is 1.66 bits per heavy atom. The Balaban J connectivity index is 1.71. The first kappa shape index (κ1) is 27.3. The van der Waals surface area contributed by atoms with E-state index in [-0.39, 0.29) is 28.7 Å². The zero-order valence-corrected chi connectivity index (χ0v) is 22.9. The van der Waals surface area contributed by atoms with Gasteiger partial charge in [0.2, 0.25) is 0 Å². The van der Waals surface area contributed by atoms with Crippen molar-refractivity contribution in [2.45, 2.75) is 30.7 Å². The second kappa shape index (κ2) is 10.9. The Morgan fingerprint density at radius 1 is 0.974 bits per heavy atom. The van der Waals surface area contributed by atoms with Gasteiger partial charge in [0.25, 0.3) is 10.0 Å². The highest BCUT2D eigenvalue weighted by Gasteiger charge is 2.26. The lowest BCUT2D eigenvalue weighted by Crippen LogP contribution is -2.45. The molecule has 0 unspecified atom stereocenters. The van der Waals surface area contributed by atoms with E-state index in [4.69, 9.17) is 16.3 Å². The van der Waals surface area contributed by atoms with Crippen LogP contribution < -0.4 is 20.1 Å². The molecule has 0 aliphatic rings. The van der Waals surface area contributed by atoms with Gasteiger partial charge >= 0.3 is 0 Å². The zero-order chi connectivity index (χ0) is 27.5. The Kier molecular flexibility index (Phi) is 7.86. The second-order valence-corrected chi connectivity index (χ2v) is 11.2. The second-order valence-electron chi connectivity index (χ2n) is 9.11. The minimum atomic E-state index is -4.10. The predicted molar refractivity (Wildman–Crippen MR) is 150 cm³/mol. The van der Waals surface area contributed by atoms with Gasteiger partial charge < -0.3 is 15.4 Å². The van der Waals surface area contributed by atoms with Crippen LogP contribution in [0.25, 0.3) is 11.0 Å². The molecule has 0 saturated carbocycles. The number of aromatic nitrogens is 2. The fourth-order valence-electron chi connectivity index (χ4n) is 3.57. The van der Waals surface area contributed by atoms with Crippen molar-refractivity contribution in [3.05, 3.63) is 77.3 Å². The van der Waals surface area contributed by atoms with Crippen LogP contribution in [0.15, 0.2) is 71.6 Å². The zero-order valence-electron chi connectivity index (χ0n) is 21.4. The summed E-state index contributed by atoms with van der Waals surface area (Å²) in [6.45, 7) is 3.55. The third-order valence-electron chi connectivity index (χ3n) is 6.12. The topological polar surface area (TPSA) is 122 Å². The number of benzene rings is 3. The van der Waals surface area contributed by atoms with Crippen molar-refractivity contribution >= 4 is 55.8 Å². The van der Waals surface area contributed by atoms with E-state index in [2.05, 4.69) is 25.3 Å². The van der Waals surface area contributed by atoms with Crippen molar-refractivity contribution in [2.24, 2.45) is 0 Å². The van der Waals surface area contributed by atoms with Crippen LogP contribution in [0.3, 0.4) is 0 Å². The number of carbonyl (C=O) groups excluding carboxylic acids is 1. The summed E-state index contributed by atoms with van der Waals surface area (Å²) in [5.41, 5.74) is 1.36. The van der Waals surface area contributed by atoms with Crippen molar-refractivity contribution in [1.29, 1.82) is 0 Å². The monoisotopic (exact) mass is 553 g/mol. The van der Waals surface area contributed by atoms with Gasteiger partial charge in [0, 0.05) is 12.5 Å². The number of rotatable bonds is 10. The van der Waals surface area contributed by atoms with Crippen LogP contribution in [0.2, 0.25) is 5.02 Å². The normalized spacial score (nSPS) is 11.8. The van der Waals surface area contributed by atoms with Crippen LogP contribution >= 0.6 is 11.6 Å². The average Bonchev–Trinajstić information content (AvgIpc) is 2.90. The summed E-state index contributed by atoms with van der Waals surface area (Å²) in [6.07, 6.45) is 0.0775. The van der Waals surface area contributed by atoms with Crippen LogP contribution in [0.4, 0.5) is 17.3 Å². The minimum absolute atomic E-state index is 0.00890. The Hall–Kier alpha value is -3.73. The summed E-state index contributed by atoms with van der Waals surface area (Å²) in [7, 11) is -0.859. The number of ether oxygens (including phenoxy) is 1. The maximum Gasteiger partial charge on any atom is 0.263 e. The van der Waals surface area contributed by atoms with Crippen molar-refractivity contribution in [2.75, 3.05) is 24.2 Å². The van der Waals surface area contributed by atoms with Crippen molar-refractivity contribution in [3.63, 3.8) is 0 Å². The fraction of sp³-hybridized carbons (Fsp3) is 0.222. The molecule has 0 saturated heterocycles. The molecular formula is C27H28ClN5O4S. The molecule has 4 aromatic rings.